The number of aliphatic hydroxyl groups is 1. The van der Waals surface area contributed by atoms with Crippen LogP contribution in [0, 0.1) is 12.8 Å². The summed E-state index contributed by atoms with van der Waals surface area (Å²) >= 11 is 0. The van der Waals surface area contributed by atoms with Crippen LogP contribution in [-0.4, -0.2) is 39.3 Å². The van der Waals surface area contributed by atoms with Crippen molar-refractivity contribution in [2.45, 2.75) is 38.3 Å². The molecule has 2 fully saturated rings. The largest absolute Gasteiger partial charge is 0.392 e. The van der Waals surface area contributed by atoms with Crippen molar-refractivity contribution in [3.63, 3.8) is 0 Å². The summed E-state index contributed by atoms with van der Waals surface area (Å²) in [6, 6.07) is 8.16. The van der Waals surface area contributed by atoms with E-state index < -0.39 is 0 Å². The molecule has 0 radical (unpaired) electrons. The van der Waals surface area contributed by atoms with Crippen LogP contribution in [0.3, 0.4) is 0 Å². The van der Waals surface area contributed by atoms with Crippen molar-refractivity contribution in [2.75, 3.05) is 13.1 Å². The van der Waals surface area contributed by atoms with Crippen molar-refractivity contribution in [1.82, 2.24) is 15.0 Å². The first kappa shape index (κ1) is 13.9. The molecule has 0 spiro atoms. The van der Waals surface area contributed by atoms with Crippen LogP contribution in [0.25, 0.3) is 11.4 Å². The zero-order valence-corrected chi connectivity index (χ0v) is 12.8. The molecule has 1 aromatic carbocycles. The molecule has 1 aromatic heterocycles. The Morgan fingerprint density at radius 2 is 2.23 bits per heavy atom. The van der Waals surface area contributed by atoms with Crippen LogP contribution in [-0.2, 0) is 0 Å². The molecule has 2 aromatic rings. The van der Waals surface area contributed by atoms with Gasteiger partial charge >= 0.3 is 0 Å². The molecule has 2 aliphatic rings. The molecule has 1 aliphatic carbocycles. The number of aromatic nitrogens is 2. The summed E-state index contributed by atoms with van der Waals surface area (Å²) in [5.74, 6) is 2.05. The third-order valence-corrected chi connectivity index (χ3v) is 4.57. The minimum absolute atomic E-state index is 0.0571. The third kappa shape index (κ3) is 2.78. The van der Waals surface area contributed by atoms with Crippen LogP contribution in [0.4, 0.5) is 0 Å². The first-order chi connectivity index (χ1) is 10.7. The number of aryl methyl sites for hydroxylation is 1. The zero-order chi connectivity index (χ0) is 15.1. The predicted octanol–water partition coefficient (Wildman–Crippen LogP) is 2.56. The van der Waals surface area contributed by atoms with Crippen molar-refractivity contribution in [2.24, 2.45) is 5.92 Å². The number of β-amino-alcohol motifs (C(OH)–C–C–N with tert-alkyl or cyclic N) is 1. The van der Waals surface area contributed by atoms with E-state index in [0.717, 1.165) is 18.0 Å². The summed E-state index contributed by atoms with van der Waals surface area (Å²) in [7, 11) is 0. The quantitative estimate of drug-likeness (QED) is 0.940. The number of aliphatic hydroxyl groups excluding tert-OH is 1. The second kappa shape index (κ2) is 5.48. The van der Waals surface area contributed by atoms with Gasteiger partial charge in [-0.3, -0.25) is 4.90 Å². The van der Waals surface area contributed by atoms with E-state index in [1.54, 1.807) is 0 Å². The highest BCUT2D eigenvalue weighted by molar-refractivity contribution is 5.55. The van der Waals surface area contributed by atoms with Gasteiger partial charge < -0.3 is 9.63 Å². The Labute approximate surface area is 130 Å². The molecule has 2 atom stereocenters. The maximum atomic E-state index is 9.99. The van der Waals surface area contributed by atoms with Crippen LogP contribution >= 0.6 is 0 Å². The maximum Gasteiger partial charge on any atom is 0.244 e. The summed E-state index contributed by atoms with van der Waals surface area (Å²) < 4.78 is 5.51. The lowest BCUT2D eigenvalue weighted by atomic mass is 10.1. The van der Waals surface area contributed by atoms with Crippen molar-refractivity contribution < 1.29 is 9.63 Å². The van der Waals surface area contributed by atoms with E-state index in [1.165, 1.54) is 18.4 Å². The summed E-state index contributed by atoms with van der Waals surface area (Å²) in [6.45, 7) is 3.79. The molecule has 1 N–H and O–H groups in total. The monoisotopic (exact) mass is 299 g/mol. The lowest BCUT2D eigenvalue weighted by molar-refractivity contribution is 0.170. The van der Waals surface area contributed by atoms with Crippen LogP contribution in [0.5, 0.6) is 0 Å². The molecule has 1 aliphatic heterocycles. The average molecular weight is 299 g/mol. The number of likely N-dealkylation sites (tertiary alicyclic amines) is 1. The Hall–Kier alpha value is -1.72. The van der Waals surface area contributed by atoms with Crippen LogP contribution in [0.15, 0.2) is 28.8 Å². The Morgan fingerprint density at radius 1 is 1.36 bits per heavy atom. The van der Waals surface area contributed by atoms with E-state index in [1.807, 2.05) is 12.1 Å². The van der Waals surface area contributed by atoms with Crippen molar-refractivity contribution in [3.8, 4) is 11.4 Å². The van der Waals surface area contributed by atoms with Crippen molar-refractivity contribution in [1.29, 1.82) is 0 Å². The van der Waals surface area contributed by atoms with E-state index >= 15 is 0 Å². The highest BCUT2D eigenvalue weighted by Crippen LogP contribution is 2.37. The van der Waals surface area contributed by atoms with E-state index in [9.17, 15) is 5.11 Å². The van der Waals surface area contributed by atoms with Crippen LogP contribution in [0.2, 0.25) is 0 Å². The Bertz CT molecular complexity index is 665. The third-order valence-electron chi connectivity index (χ3n) is 4.57. The van der Waals surface area contributed by atoms with Crippen LogP contribution in [0.1, 0.15) is 36.8 Å². The molecule has 0 amide bonds. The number of hydrogen-bond acceptors (Lipinski definition) is 5. The van der Waals surface area contributed by atoms with Gasteiger partial charge in [0.1, 0.15) is 0 Å². The smallest absolute Gasteiger partial charge is 0.244 e. The van der Waals surface area contributed by atoms with Gasteiger partial charge in [0.2, 0.25) is 11.7 Å². The molecular weight excluding hydrogens is 278 g/mol. The van der Waals surface area contributed by atoms with Crippen LogP contribution < -0.4 is 0 Å². The molecule has 2 heterocycles. The minimum Gasteiger partial charge on any atom is -0.392 e. The Balaban J connectivity index is 1.57. The Morgan fingerprint density at radius 3 is 3.00 bits per heavy atom. The van der Waals surface area contributed by atoms with Crippen molar-refractivity contribution >= 4 is 0 Å². The van der Waals surface area contributed by atoms with Gasteiger partial charge in [-0.25, -0.2) is 0 Å². The molecule has 4 rings (SSSR count). The molecule has 1 saturated carbocycles. The van der Waals surface area contributed by atoms with E-state index in [-0.39, 0.29) is 12.1 Å². The fraction of sp³-hybridized carbons (Fsp3) is 0.529. The van der Waals surface area contributed by atoms with Gasteiger partial charge in [-0.15, -0.1) is 0 Å². The normalized spacial score (nSPS) is 25.7. The molecule has 22 heavy (non-hydrogen) atoms. The molecule has 1 saturated heterocycles. The average Bonchev–Trinajstić information content (AvgIpc) is 3.04. The minimum atomic E-state index is -0.293. The van der Waals surface area contributed by atoms with Gasteiger partial charge in [-0.2, -0.15) is 4.98 Å². The number of benzene rings is 1. The van der Waals surface area contributed by atoms with Gasteiger partial charge in [0.25, 0.3) is 0 Å². The molecule has 0 unspecified atom stereocenters. The molecule has 0 bridgehead atoms. The molecule has 5 heteroatoms. The molecular formula is C17H21N3O2. The van der Waals surface area contributed by atoms with Gasteiger partial charge in [-0.05, 0) is 38.2 Å². The SMILES string of the molecule is Cc1cccc(-c2noc([C@@H]3C[C@@H](O)CN3CC3CC3)n2)c1. The topological polar surface area (TPSA) is 62.4 Å². The van der Waals surface area contributed by atoms with Crippen molar-refractivity contribution in [3.05, 3.63) is 35.7 Å². The van der Waals surface area contributed by atoms with Gasteiger partial charge in [0, 0.05) is 18.7 Å². The summed E-state index contributed by atoms with van der Waals surface area (Å²) in [5.41, 5.74) is 2.15. The summed E-state index contributed by atoms with van der Waals surface area (Å²) in [5, 5.41) is 14.1. The number of rotatable bonds is 4. The number of nitrogens with zero attached hydrogens (tertiary/aromatic N) is 3. The maximum absolute atomic E-state index is 9.99. The summed E-state index contributed by atoms with van der Waals surface area (Å²) in [4.78, 5) is 6.89. The highest BCUT2D eigenvalue weighted by Gasteiger charge is 2.38. The summed E-state index contributed by atoms with van der Waals surface area (Å²) in [6.07, 6.45) is 3.00. The van der Waals surface area contributed by atoms with Gasteiger partial charge in [0.15, 0.2) is 0 Å². The first-order valence-corrected chi connectivity index (χ1v) is 8.02. The second-order valence-corrected chi connectivity index (χ2v) is 6.63. The second-order valence-electron chi connectivity index (χ2n) is 6.63. The standard InChI is InChI=1S/C17H21N3O2/c1-11-3-2-4-13(7-11)16-18-17(22-19-16)15-8-14(21)10-20(15)9-12-5-6-12/h2-4,7,12,14-15,21H,5-6,8-10H2,1H3/t14-,15+/m1/s1. The Kier molecular flexibility index (Phi) is 3.47. The fourth-order valence-electron chi connectivity index (χ4n) is 3.24. The predicted molar refractivity (Wildman–Crippen MR) is 82.1 cm³/mol. The molecule has 116 valence electrons. The van der Waals surface area contributed by atoms with E-state index in [0.29, 0.717) is 24.7 Å². The fourth-order valence-corrected chi connectivity index (χ4v) is 3.24. The lowest BCUT2D eigenvalue weighted by Gasteiger charge is -2.20. The molecule has 5 nitrogen and oxygen atoms in total. The number of hydrogen-bond donors (Lipinski definition) is 1. The zero-order valence-electron chi connectivity index (χ0n) is 12.8. The van der Waals surface area contributed by atoms with Gasteiger partial charge in [-0.1, -0.05) is 28.9 Å². The lowest BCUT2D eigenvalue weighted by Crippen LogP contribution is -2.27. The van der Waals surface area contributed by atoms with Gasteiger partial charge in [0.05, 0.1) is 12.1 Å². The van der Waals surface area contributed by atoms with E-state index in [2.05, 4.69) is 34.1 Å². The first-order valence-electron chi connectivity index (χ1n) is 8.02. The highest BCUT2D eigenvalue weighted by atomic mass is 16.5. The van der Waals surface area contributed by atoms with E-state index in [4.69, 9.17) is 4.52 Å².